The molecular formula is C31H32FNO7. The fraction of sp³-hybridized carbons (Fsp3) is 0.323. The van der Waals surface area contributed by atoms with Gasteiger partial charge in [-0.05, 0) is 16.7 Å². The minimum Gasteiger partial charge on any atom is -0.459 e. The third-order valence-electron chi connectivity index (χ3n) is 6.78. The van der Waals surface area contributed by atoms with Crippen LogP contribution in [-0.2, 0) is 38.9 Å². The number of esters is 2. The summed E-state index contributed by atoms with van der Waals surface area (Å²) < 4.78 is 39.3. The Morgan fingerprint density at radius 3 is 1.65 bits per heavy atom. The van der Waals surface area contributed by atoms with E-state index in [-0.39, 0.29) is 6.61 Å². The van der Waals surface area contributed by atoms with Gasteiger partial charge in [-0.2, -0.15) is 0 Å². The van der Waals surface area contributed by atoms with Crippen molar-refractivity contribution in [2.24, 2.45) is 11.7 Å². The van der Waals surface area contributed by atoms with Gasteiger partial charge in [0, 0.05) is 20.3 Å². The Bertz CT molecular complexity index is 1190. The van der Waals surface area contributed by atoms with E-state index < -0.39 is 60.5 Å². The Balaban J connectivity index is 1.76. The number of hydrogen-bond acceptors (Lipinski definition) is 7. The van der Waals surface area contributed by atoms with Gasteiger partial charge in [-0.15, -0.1) is 0 Å². The summed E-state index contributed by atoms with van der Waals surface area (Å²) in [4.78, 5) is 35.6. The van der Waals surface area contributed by atoms with Crippen LogP contribution in [0.15, 0.2) is 91.0 Å². The van der Waals surface area contributed by atoms with Crippen molar-refractivity contribution in [1.29, 1.82) is 0 Å². The van der Waals surface area contributed by atoms with Gasteiger partial charge in [-0.3, -0.25) is 14.4 Å². The largest absolute Gasteiger partial charge is 0.459 e. The molecular weight excluding hydrogens is 517 g/mol. The van der Waals surface area contributed by atoms with Crippen molar-refractivity contribution in [2.75, 3.05) is 6.61 Å². The quantitative estimate of drug-likeness (QED) is 0.300. The van der Waals surface area contributed by atoms with Crippen molar-refractivity contribution in [3.63, 3.8) is 0 Å². The SMILES string of the molecule is CC(=O)O[C@H]1O[C@H](COC(c2ccccc2)(c2ccccc2)c2ccccc2)[C@@H](F)[C@H](OC(C)=O)[C@@H]1CC(N)=O. The number of carbonyl (C=O) groups excluding carboxylic acids is 3. The van der Waals surface area contributed by atoms with Gasteiger partial charge in [0.15, 0.2) is 6.17 Å². The third-order valence-corrected chi connectivity index (χ3v) is 6.78. The van der Waals surface area contributed by atoms with E-state index >= 15 is 4.39 Å². The Hall–Kier alpha value is -4.08. The number of nitrogens with two attached hydrogens (primary N) is 1. The zero-order valence-electron chi connectivity index (χ0n) is 22.3. The van der Waals surface area contributed by atoms with Gasteiger partial charge in [0.05, 0.1) is 12.5 Å². The van der Waals surface area contributed by atoms with Crippen LogP contribution in [0.25, 0.3) is 0 Å². The van der Waals surface area contributed by atoms with Crippen LogP contribution < -0.4 is 5.73 Å². The van der Waals surface area contributed by atoms with Crippen LogP contribution in [0.2, 0.25) is 0 Å². The smallest absolute Gasteiger partial charge is 0.304 e. The average molecular weight is 550 g/mol. The highest BCUT2D eigenvalue weighted by Crippen LogP contribution is 2.42. The lowest BCUT2D eigenvalue weighted by atomic mass is 9.80. The topological polar surface area (TPSA) is 114 Å². The molecule has 3 aromatic rings. The van der Waals surface area contributed by atoms with Crippen molar-refractivity contribution in [3.8, 4) is 0 Å². The molecule has 1 aliphatic heterocycles. The molecule has 0 aliphatic carbocycles. The monoisotopic (exact) mass is 549 g/mol. The number of primary amides is 1. The van der Waals surface area contributed by atoms with E-state index in [1.165, 1.54) is 0 Å². The molecule has 1 saturated heterocycles. The molecule has 0 saturated carbocycles. The van der Waals surface area contributed by atoms with Crippen molar-refractivity contribution in [2.45, 2.75) is 50.5 Å². The average Bonchev–Trinajstić information content (AvgIpc) is 2.94. The van der Waals surface area contributed by atoms with Gasteiger partial charge in [0.1, 0.15) is 17.8 Å². The summed E-state index contributed by atoms with van der Waals surface area (Å²) in [6.45, 7) is 1.96. The summed E-state index contributed by atoms with van der Waals surface area (Å²) >= 11 is 0. The summed E-state index contributed by atoms with van der Waals surface area (Å²) in [5, 5.41) is 0. The third kappa shape index (κ3) is 6.38. The normalized spacial score (nSPS) is 22.7. The summed E-state index contributed by atoms with van der Waals surface area (Å²) in [6, 6.07) is 28.5. The molecule has 0 unspecified atom stereocenters. The predicted molar refractivity (Wildman–Crippen MR) is 143 cm³/mol. The Kier molecular flexibility index (Phi) is 9.29. The van der Waals surface area contributed by atoms with Crippen LogP contribution in [0.5, 0.6) is 0 Å². The first-order valence-electron chi connectivity index (χ1n) is 12.9. The van der Waals surface area contributed by atoms with E-state index in [2.05, 4.69) is 0 Å². The highest BCUT2D eigenvalue weighted by atomic mass is 19.1. The predicted octanol–water partition coefficient (Wildman–Crippen LogP) is 4.04. The molecule has 0 spiro atoms. The molecule has 3 aromatic carbocycles. The van der Waals surface area contributed by atoms with E-state index in [0.717, 1.165) is 30.5 Å². The van der Waals surface area contributed by atoms with E-state index in [1.54, 1.807) is 0 Å². The van der Waals surface area contributed by atoms with E-state index in [4.69, 9.17) is 24.7 Å². The molecule has 2 N–H and O–H groups in total. The zero-order chi connectivity index (χ0) is 28.7. The maximum absolute atomic E-state index is 16.1. The summed E-state index contributed by atoms with van der Waals surface area (Å²) in [6.07, 6.45) is -6.52. The number of rotatable bonds is 10. The summed E-state index contributed by atoms with van der Waals surface area (Å²) in [7, 11) is 0. The Morgan fingerprint density at radius 1 is 0.800 bits per heavy atom. The van der Waals surface area contributed by atoms with Gasteiger partial charge in [-0.1, -0.05) is 91.0 Å². The molecule has 40 heavy (non-hydrogen) atoms. The van der Waals surface area contributed by atoms with E-state index in [0.29, 0.717) is 0 Å². The van der Waals surface area contributed by atoms with E-state index in [9.17, 15) is 14.4 Å². The summed E-state index contributed by atoms with van der Waals surface area (Å²) in [5.74, 6) is -3.41. The van der Waals surface area contributed by atoms with Crippen molar-refractivity contribution in [1.82, 2.24) is 0 Å². The second-order valence-corrected chi connectivity index (χ2v) is 9.60. The second kappa shape index (κ2) is 12.8. The van der Waals surface area contributed by atoms with Gasteiger partial charge < -0.3 is 24.7 Å². The number of benzene rings is 3. The number of ether oxygens (including phenoxy) is 4. The first kappa shape index (κ1) is 28.9. The number of halogens is 1. The van der Waals surface area contributed by atoms with Gasteiger partial charge in [0.2, 0.25) is 12.2 Å². The molecule has 1 fully saturated rings. The lowest BCUT2D eigenvalue weighted by molar-refractivity contribution is -0.274. The number of alkyl halides is 1. The van der Waals surface area contributed by atoms with Crippen molar-refractivity contribution >= 4 is 17.8 Å². The minimum absolute atomic E-state index is 0.321. The summed E-state index contributed by atoms with van der Waals surface area (Å²) in [5.41, 5.74) is 6.57. The minimum atomic E-state index is -1.92. The standard InChI is InChI=1S/C31H32FNO7/c1-20(34)38-29-25(18-27(33)36)30(39-21(2)35)40-26(28(29)32)19-37-31(22-12-6-3-7-13-22,23-14-8-4-9-15-23)24-16-10-5-11-17-24/h3-17,25-26,28-30H,18-19H2,1-2H3,(H2,33,36)/t25-,26+,28+,29+,30-/m0/s1. The van der Waals surface area contributed by atoms with Crippen LogP contribution in [0.3, 0.4) is 0 Å². The molecule has 210 valence electrons. The number of carbonyl (C=O) groups is 3. The van der Waals surface area contributed by atoms with Crippen LogP contribution in [0, 0.1) is 5.92 Å². The first-order valence-corrected chi connectivity index (χ1v) is 12.9. The molecule has 0 bridgehead atoms. The molecule has 5 atom stereocenters. The molecule has 0 radical (unpaired) electrons. The highest BCUT2D eigenvalue weighted by molar-refractivity contribution is 5.74. The van der Waals surface area contributed by atoms with Crippen LogP contribution in [0.4, 0.5) is 4.39 Å². The zero-order valence-corrected chi connectivity index (χ0v) is 22.3. The molecule has 4 rings (SSSR count). The van der Waals surface area contributed by atoms with Crippen LogP contribution >= 0.6 is 0 Å². The highest BCUT2D eigenvalue weighted by Gasteiger charge is 2.51. The number of amides is 1. The van der Waals surface area contributed by atoms with Gasteiger partial charge in [0.25, 0.3) is 0 Å². The molecule has 1 amide bonds. The van der Waals surface area contributed by atoms with Crippen LogP contribution in [-0.4, -0.2) is 49.1 Å². The second-order valence-electron chi connectivity index (χ2n) is 9.60. The molecule has 8 nitrogen and oxygen atoms in total. The molecule has 1 heterocycles. The fourth-order valence-electron chi connectivity index (χ4n) is 5.13. The molecule has 0 aromatic heterocycles. The lowest BCUT2D eigenvalue weighted by Crippen LogP contribution is -2.57. The van der Waals surface area contributed by atoms with Gasteiger partial charge >= 0.3 is 11.9 Å². The molecule has 1 aliphatic rings. The Morgan fingerprint density at radius 2 is 1.25 bits per heavy atom. The van der Waals surface area contributed by atoms with Crippen molar-refractivity contribution < 1.29 is 37.7 Å². The van der Waals surface area contributed by atoms with Crippen LogP contribution in [0.1, 0.15) is 37.0 Å². The van der Waals surface area contributed by atoms with E-state index in [1.807, 2.05) is 91.0 Å². The molecule has 9 heteroatoms. The maximum atomic E-state index is 16.1. The van der Waals surface area contributed by atoms with Crippen molar-refractivity contribution in [3.05, 3.63) is 108 Å². The Labute approximate surface area is 232 Å². The fourth-order valence-corrected chi connectivity index (χ4v) is 5.13. The lowest BCUT2D eigenvalue weighted by Gasteiger charge is -2.43. The number of hydrogen-bond donors (Lipinski definition) is 1. The van der Waals surface area contributed by atoms with Gasteiger partial charge in [-0.25, -0.2) is 4.39 Å². The first-order chi connectivity index (χ1) is 19.2. The maximum Gasteiger partial charge on any atom is 0.304 e.